The van der Waals surface area contributed by atoms with Crippen LogP contribution in [-0.2, 0) is 26.1 Å². The molecule has 0 bridgehead atoms. The molecule has 0 spiro atoms. The summed E-state index contributed by atoms with van der Waals surface area (Å²) >= 11 is 0. The number of morpholine rings is 1. The van der Waals surface area contributed by atoms with E-state index in [2.05, 4.69) is 0 Å². The zero-order chi connectivity index (χ0) is 18.6. The predicted molar refractivity (Wildman–Crippen MR) is 97.4 cm³/mol. The van der Waals surface area contributed by atoms with Gasteiger partial charge in [-0.25, -0.2) is 8.42 Å². The summed E-state index contributed by atoms with van der Waals surface area (Å²) < 4.78 is 37.7. The molecule has 144 valence electrons. The highest BCUT2D eigenvalue weighted by Gasteiger charge is 2.37. The van der Waals surface area contributed by atoms with Crippen LogP contribution in [0.4, 0.5) is 0 Å². The normalized spacial score (nSPS) is 22.3. The van der Waals surface area contributed by atoms with Gasteiger partial charge in [0.1, 0.15) is 0 Å². The molecule has 2 aliphatic rings. The van der Waals surface area contributed by atoms with Crippen molar-refractivity contribution >= 4 is 15.9 Å². The first-order valence-electron chi connectivity index (χ1n) is 8.96. The van der Waals surface area contributed by atoms with Gasteiger partial charge in [0.05, 0.1) is 25.1 Å². The summed E-state index contributed by atoms with van der Waals surface area (Å²) in [5.41, 5.74) is 1.50. The Labute approximate surface area is 154 Å². The van der Waals surface area contributed by atoms with Crippen molar-refractivity contribution in [2.24, 2.45) is 0 Å². The van der Waals surface area contributed by atoms with Crippen molar-refractivity contribution in [2.75, 3.05) is 46.5 Å². The first-order valence-corrected chi connectivity index (χ1v) is 10.5. The second-order valence-electron chi connectivity index (χ2n) is 6.71. The standard InChI is InChI=1S/C18H26N2O5S/c1-24-14-15-4-2-5-16(12-15)18(21)19-7-3-6-17(13-19)26(22,23)20-8-10-25-11-9-20/h2,4-5,12,17H,3,6-11,13-14H2,1H3. The first-order chi connectivity index (χ1) is 12.5. The Hall–Kier alpha value is -1.48. The van der Waals surface area contributed by atoms with E-state index >= 15 is 0 Å². The smallest absolute Gasteiger partial charge is 0.253 e. The predicted octanol–water partition coefficient (Wildman–Crippen LogP) is 1.10. The Morgan fingerprint density at radius 1 is 1.27 bits per heavy atom. The Bertz CT molecular complexity index is 731. The molecule has 0 aromatic heterocycles. The molecule has 1 aromatic rings. The fraction of sp³-hybridized carbons (Fsp3) is 0.611. The van der Waals surface area contributed by atoms with E-state index in [0.29, 0.717) is 57.9 Å². The largest absolute Gasteiger partial charge is 0.380 e. The van der Waals surface area contributed by atoms with Crippen molar-refractivity contribution in [1.82, 2.24) is 9.21 Å². The van der Waals surface area contributed by atoms with E-state index in [0.717, 1.165) is 5.56 Å². The third-order valence-electron chi connectivity index (χ3n) is 4.90. The Balaban J connectivity index is 1.71. The van der Waals surface area contributed by atoms with Crippen molar-refractivity contribution in [2.45, 2.75) is 24.7 Å². The van der Waals surface area contributed by atoms with Crippen LogP contribution in [0.2, 0.25) is 0 Å². The fourth-order valence-corrected chi connectivity index (χ4v) is 5.43. The van der Waals surface area contributed by atoms with E-state index in [-0.39, 0.29) is 12.5 Å². The minimum atomic E-state index is -3.41. The van der Waals surface area contributed by atoms with Gasteiger partial charge in [0, 0.05) is 38.9 Å². The van der Waals surface area contributed by atoms with E-state index in [1.165, 1.54) is 4.31 Å². The van der Waals surface area contributed by atoms with Gasteiger partial charge in [-0.05, 0) is 30.5 Å². The summed E-state index contributed by atoms with van der Waals surface area (Å²) in [4.78, 5) is 14.5. The molecular formula is C18H26N2O5S. The highest BCUT2D eigenvalue weighted by atomic mass is 32.2. The third-order valence-corrected chi connectivity index (χ3v) is 7.21. The summed E-state index contributed by atoms with van der Waals surface area (Å²) in [7, 11) is -1.80. The number of benzene rings is 1. The number of ether oxygens (including phenoxy) is 2. The van der Waals surface area contributed by atoms with Gasteiger partial charge in [-0.2, -0.15) is 4.31 Å². The molecule has 26 heavy (non-hydrogen) atoms. The monoisotopic (exact) mass is 382 g/mol. The maximum Gasteiger partial charge on any atom is 0.253 e. The molecule has 2 saturated heterocycles. The molecule has 1 amide bonds. The Morgan fingerprint density at radius 2 is 2.04 bits per heavy atom. The number of hydrogen-bond donors (Lipinski definition) is 0. The minimum absolute atomic E-state index is 0.121. The lowest BCUT2D eigenvalue weighted by atomic mass is 10.1. The van der Waals surface area contributed by atoms with Gasteiger partial charge < -0.3 is 14.4 Å². The maximum absolute atomic E-state index is 12.9. The van der Waals surface area contributed by atoms with Gasteiger partial charge in [-0.15, -0.1) is 0 Å². The van der Waals surface area contributed by atoms with Gasteiger partial charge in [0.2, 0.25) is 10.0 Å². The number of piperidine rings is 1. The number of rotatable bonds is 5. The number of carbonyl (C=O) groups excluding carboxylic acids is 1. The van der Waals surface area contributed by atoms with Crippen LogP contribution < -0.4 is 0 Å². The number of carbonyl (C=O) groups is 1. The summed E-state index contributed by atoms with van der Waals surface area (Å²) in [6.07, 6.45) is 1.28. The molecule has 0 saturated carbocycles. The summed E-state index contributed by atoms with van der Waals surface area (Å²) in [6.45, 7) is 2.92. The molecule has 0 radical (unpaired) electrons. The lowest BCUT2D eigenvalue weighted by Gasteiger charge is -2.36. The van der Waals surface area contributed by atoms with Crippen LogP contribution in [0.1, 0.15) is 28.8 Å². The second kappa shape index (κ2) is 8.47. The number of likely N-dealkylation sites (tertiary alicyclic amines) is 1. The van der Waals surface area contributed by atoms with E-state index in [9.17, 15) is 13.2 Å². The number of nitrogens with zero attached hydrogens (tertiary/aromatic N) is 2. The molecule has 2 fully saturated rings. The van der Waals surface area contributed by atoms with Crippen LogP contribution in [0.3, 0.4) is 0 Å². The van der Waals surface area contributed by atoms with Gasteiger partial charge in [-0.1, -0.05) is 12.1 Å². The molecule has 2 heterocycles. The van der Waals surface area contributed by atoms with E-state index in [1.54, 1.807) is 18.1 Å². The fourth-order valence-electron chi connectivity index (χ4n) is 3.52. The highest BCUT2D eigenvalue weighted by Crippen LogP contribution is 2.23. The molecule has 8 heteroatoms. The summed E-state index contributed by atoms with van der Waals surface area (Å²) in [5.74, 6) is -0.121. The maximum atomic E-state index is 12.9. The zero-order valence-corrected chi connectivity index (χ0v) is 15.9. The highest BCUT2D eigenvalue weighted by molar-refractivity contribution is 7.89. The first kappa shape index (κ1) is 19.3. The topological polar surface area (TPSA) is 76.2 Å². The van der Waals surface area contributed by atoms with E-state index in [4.69, 9.17) is 9.47 Å². The van der Waals surface area contributed by atoms with Crippen molar-refractivity contribution in [3.63, 3.8) is 0 Å². The SMILES string of the molecule is COCc1cccc(C(=O)N2CCCC(S(=O)(=O)N3CCOCC3)C2)c1. The molecule has 0 N–H and O–H groups in total. The van der Waals surface area contributed by atoms with Crippen LogP contribution in [0, 0.1) is 0 Å². The van der Waals surface area contributed by atoms with Crippen LogP contribution in [0.25, 0.3) is 0 Å². The molecule has 2 aliphatic heterocycles. The average molecular weight is 382 g/mol. The number of hydrogen-bond acceptors (Lipinski definition) is 5. The quantitative estimate of drug-likeness (QED) is 0.762. The third kappa shape index (κ3) is 4.25. The van der Waals surface area contributed by atoms with Gasteiger partial charge >= 0.3 is 0 Å². The molecule has 0 aliphatic carbocycles. The molecular weight excluding hydrogens is 356 g/mol. The van der Waals surface area contributed by atoms with Gasteiger partial charge in [0.25, 0.3) is 5.91 Å². The second-order valence-corrected chi connectivity index (χ2v) is 8.92. The summed E-state index contributed by atoms with van der Waals surface area (Å²) in [5, 5.41) is -0.541. The number of amides is 1. The van der Waals surface area contributed by atoms with Crippen LogP contribution in [0.5, 0.6) is 0 Å². The van der Waals surface area contributed by atoms with Crippen LogP contribution in [0.15, 0.2) is 24.3 Å². The van der Waals surface area contributed by atoms with Crippen molar-refractivity contribution in [3.8, 4) is 0 Å². The van der Waals surface area contributed by atoms with Gasteiger partial charge in [-0.3, -0.25) is 4.79 Å². The molecule has 1 atom stereocenters. The molecule has 7 nitrogen and oxygen atoms in total. The molecule has 1 aromatic carbocycles. The lowest BCUT2D eigenvalue weighted by molar-refractivity contribution is 0.0685. The Kier molecular flexibility index (Phi) is 6.29. The molecule has 3 rings (SSSR count). The van der Waals surface area contributed by atoms with Crippen molar-refractivity contribution < 1.29 is 22.7 Å². The average Bonchev–Trinajstić information content (AvgIpc) is 2.69. The zero-order valence-electron chi connectivity index (χ0n) is 15.1. The van der Waals surface area contributed by atoms with E-state index in [1.807, 2.05) is 18.2 Å². The number of methoxy groups -OCH3 is 1. The lowest BCUT2D eigenvalue weighted by Crippen LogP contribution is -2.51. The van der Waals surface area contributed by atoms with Crippen molar-refractivity contribution in [1.29, 1.82) is 0 Å². The summed E-state index contributed by atoms with van der Waals surface area (Å²) in [6, 6.07) is 7.31. The van der Waals surface area contributed by atoms with E-state index < -0.39 is 15.3 Å². The van der Waals surface area contributed by atoms with Crippen LogP contribution >= 0.6 is 0 Å². The minimum Gasteiger partial charge on any atom is -0.380 e. The van der Waals surface area contributed by atoms with Crippen molar-refractivity contribution in [3.05, 3.63) is 35.4 Å². The number of sulfonamides is 1. The Morgan fingerprint density at radius 3 is 2.77 bits per heavy atom. The molecule has 1 unspecified atom stereocenters. The van der Waals surface area contributed by atoms with Gasteiger partial charge in [0.15, 0.2) is 0 Å². The van der Waals surface area contributed by atoms with Crippen LogP contribution in [-0.4, -0.2) is 75.3 Å².